The molecule has 3 aromatic carbocycles. The van der Waals surface area contributed by atoms with Gasteiger partial charge in [0.2, 0.25) is 0 Å². The van der Waals surface area contributed by atoms with Gasteiger partial charge in [0.15, 0.2) is 0 Å². The molecule has 0 atom stereocenters. The summed E-state index contributed by atoms with van der Waals surface area (Å²) >= 11 is 0. The lowest BCUT2D eigenvalue weighted by atomic mass is 9.99. The summed E-state index contributed by atoms with van der Waals surface area (Å²) in [6.45, 7) is 0. The molecule has 2 nitrogen and oxygen atoms in total. The molecule has 0 amide bonds. The van der Waals surface area contributed by atoms with Crippen molar-refractivity contribution in [3.63, 3.8) is 0 Å². The summed E-state index contributed by atoms with van der Waals surface area (Å²) in [5, 5.41) is 2.05. The average Bonchev–Trinajstić information content (AvgIpc) is 2.48. The van der Waals surface area contributed by atoms with Gasteiger partial charge < -0.3 is 10.5 Å². The van der Waals surface area contributed by atoms with Gasteiger partial charge in [0.1, 0.15) is 11.6 Å². The van der Waals surface area contributed by atoms with Crippen LogP contribution in [0, 0.1) is 5.82 Å². The Morgan fingerprint density at radius 2 is 1.80 bits per heavy atom. The summed E-state index contributed by atoms with van der Waals surface area (Å²) in [4.78, 5) is 0. The van der Waals surface area contributed by atoms with E-state index in [0.29, 0.717) is 11.3 Å². The lowest BCUT2D eigenvalue weighted by Gasteiger charge is -2.11. The van der Waals surface area contributed by atoms with E-state index in [1.165, 1.54) is 12.1 Å². The first-order chi connectivity index (χ1) is 9.69. The van der Waals surface area contributed by atoms with Crippen molar-refractivity contribution in [3.8, 4) is 16.9 Å². The maximum atomic E-state index is 13.4. The van der Waals surface area contributed by atoms with Crippen LogP contribution >= 0.6 is 0 Å². The van der Waals surface area contributed by atoms with Crippen molar-refractivity contribution in [2.75, 3.05) is 12.8 Å². The molecule has 3 aromatic rings. The van der Waals surface area contributed by atoms with E-state index in [2.05, 4.69) is 0 Å². The quantitative estimate of drug-likeness (QED) is 0.705. The number of anilines is 1. The molecule has 0 unspecified atom stereocenters. The van der Waals surface area contributed by atoms with Gasteiger partial charge in [-0.3, -0.25) is 0 Å². The van der Waals surface area contributed by atoms with Crippen LogP contribution in [0.2, 0.25) is 0 Å². The second-order valence-electron chi connectivity index (χ2n) is 4.63. The zero-order valence-corrected chi connectivity index (χ0v) is 11.1. The summed E-state index contributed by atoms with van der Waals surface area (Å²) in [6, 6.07) is 16.2. The van der Waals surface area contributed by atoms with Crippen LogP contribution in [-0.2, 0) is 0 Å². The molecule has 2 N–H and O–H groups in total. The zero-order valence-electron chi connectivity index (χ0n) is 11.1. The Labute approximate surface area is 116 Å². The van der Waals surface area contributed by atoms with Gasteiger partial charge in [-0.15, -0.1) is 0 Å². The van der Waals surface area contributed by atoms with Gasteiger partial charge in [0.05, 0.1) is 7.11 Å². The van der Waals surface area contributed by atoms with Crippen LogP contribution in [0.1, 0.15) is 0 Å². The number of nitrogens with two attached hydrogens (primary N) is 1. The van der Waals surface area contributed by atoms with Crippen molar-refractivity contribution in [2.45, 2.75) is 0 Å². The summed E-state index contributed by atoms with van der Waals surface area (Å²) in [5.41, 5.74) is 8.01. The first-order valence-corrected chi connectivity index (χ1v) is 6.31. The number of halogens is 1. The fourth-order valence-corrected chi connectivity index (χ4v) is 2.38. The number of hydrogen-bond donors (Lipinski definition) is 1. The van der Waals surface area contributed by atoms with Gasteiger partial charge in [0.25, 0.3) is 0 Å². The van der Waals surface area contributed by atoms with Crippen LogP contribution in [0.5, 0.6) is 5.75 Å². The summed E-state index contributed by atoms with van der Waals surface area (Å²) in [5.74, 6) is 0.447. The molecule has 3 rings (SSSR count). The van der Waals surface area contributed by atoms with E-state index in [-0.39, 0.29) is 5.82 Å². The summed E-state index contributed by atoms with van der Waals surface area (Å²) < 4.78 is 18.9. The van der Waals surface area contributed by atoms with E-state index < -0.39 is 0 Å². The number of nitrogen functional groups attached to an aromatic ring is 1. The van der Waals surface area contributed by atoms with Crippen molar-refractivity contribution in [1.29, 1.82) is 0 Å². The SMILES string of the molecule is COc1cc(-c2cc(F)ccc2N)cc2ccccc12. The molecule has 0 aliphatic rings. The molecule has 0 aliphatic carbocycles. The summed E-state index contributed by atoms with van der Waals surface area (Å²) in [6.07, 6.45) is 0. The molecule has 0 heterocycles. The number of fused-ring (bicyclic) bond motifs is 1. The van der Waals surface area contributed by atoms with E-state index in [4.69, 9.17) is 10.5 Å². The second kappa shape index (κ2) is 4.85. The fraction of sp³-hybridized carbons (Fsp3) is 0.0588. The minimum absolute atomic E-state index is 0.304. The monoisotopic (exact) mass is 267 g/mol. The highest BCUT2D eigenvalue weighted by Gasteiger charge is 2.09. The van der Waals surface area contributed by atoms with Gasteiger partial charge in [-0.1, -0.05) is 24.3 Å². The molecule has 0 saturated heterocycles. The number of hydrogen-bond acceptors (Lipinski definition) is 2. The van der Waals surface area contributed by atoms with Gasteiger partial charge in [-0.2, -0.15) is 0 Å². The highest BCUT2D eigenvalue weighted by Crippen LogP contribution is 2.34. The number of rotatable bonds is 2. The molecular weight excluding hydrogens is 253 g/mol. The molecule has 3 heteroatoms. The molecule has 0 saturated carbocycles. The molecule has 20 heavy (non-hydrogen) atoms. The van der Waals surface area contributed by atoms with Crippen LogP contribution in [0.3, 0.4) is 0 Å². The van der Waals surface area contributed by atoms with Gasteiger partial charge in [-0.05, 0) is 41.3 Å². The van der Waals surface area contributed by atoms with E-state index in [1.807, 2.05) is 36.4 Å². The van der Waals surface area contributed by atoms with E-state index in [1.54, 1.807) is 13.2 Å². The molecule has 0 spiro atoms. The molecule has 0 fully saturated rings. The summed E-state index contributed by atoms with van der Waals surface area (Å²) in [7, 11) is 1.63. The Kier molecular flexibility index (Phi) is 3.03. The van der Waals surface area contributed by atoms with Gasteiger partial charge >= 0.3 is 0 Å². The standard InChI is InChI=1S/C17H14FNO/c1-20-17-9-12(8-11-4-2-3-5-14(11)17)15-10-13(18)6-7-16(15)19/h2-10H,19H2,1H3. The minimum atomic E-state index is -0.304. The molecule has 0 aromatic heterocycles. The lowest BCUT2D eigenvalue weighted by molar-refractivity contribution is 0.420. The van der Waals surface area contributed by atoms with Crippen LogP contribution < -0.4 is 10.5 Å². The fourth-order valence-electron chi connectivity index (χ4n) is 2.38. The predicted molar refractivity (Wildman–Crippen MR) is 80.3 cm³/mol. The average molecular weight is 267 g/mol. The molecular formula is C17H14FNO. The first kappa shape index (κ1) is 12.5. The Bertz CT molecular complexity index is 783. The normalized spacial score (nSPS) is 10.7. The van der Waals surface area contributed by atoms with Gasteiger partial charge in [-0.25, -0.2) is 4.39 Å². The van der Waals surface area contributed by atoms with Gasteiger partial charge in [0, 0.05) is 16.6 Å². The van der Waals surface area contributed by atoms with E-state index >= 15 is 0 Å². The maximum absolute atomic E-state index is 13.4. The maximum Gasteiger partial charge on any atom is 0.127 e. The third-order valence-electron chi connectivity index (χ3n) is 3.37. The topological polar surface area (TPSA) is 35.2 Å². The molecule has 0 aliphatic heterocycles. The minimum Gasteiger partial charge on any atom is -0.496 e. The Hall–Kier alpha value is -2.55. The van der Waals surface area contributed by atoms with Crippen LogP contribution in [0.15, 0.2) is 54.6 Å². The smallest absolute Gasteiger partial charge is 0.127 e. The Morgan fingerprint density at radius 3 is 2.60 bits per heavy atom. The third-order valence-corrected chi connectivity index (χ3v) is 3.37. The van der Waals surface area contributed by atoms with Crippen molar-refractivity contribution < 1.29 is 9.13 Å². The number of ether oxygens (including phenoxy) is 1. The van der Waals surface area contributed by atoms with Crippen LogP contribution in [-0.4, -0.2) is 7.11 Å². The van der Waals surface area contributed by atoms with Crippen molar-refractivity contribution in [3.05, 3.63) is 60.4 Å². The molecule has 0 radical (unpaired) electrons. The largest absolute Gasteiger partial charge is 0.496 e. The Morgan fingerprint density at radius 1 is 1.00 bits per heavy atom. The van der Waals surface area contributed by atoms with Crippen molar-refractivity contribution in [2.24, 2.45) is 0 Å². The van der Waals surface area contributed by atoms with E-state index in [9.17, 15) is 4.39 Å². The highest BCUT2D eigenvalue weighted by molar-refractivity contribution is 5.94. The van der Waals surface area contributed by atoms with Crippen LogP contribution in [0.4, 0.5) is 10.1 Å². The van der Waals surface area contributed by atoms with Crippen LogP contribution in [0.25, 0.3) is 21.9 Å². The second-order valence-corrected chi connectivity index (χ2v) is 4.63. The highest BCUT2D eigenvalue weighted by atomic mass is 19.1. The molecule has 0 bridgehead atoms. The Balaban J connectivity index is 2.29. The lowest BCUT2D eigenvalue weighted by Crippen LogP contribution is -1.93. The number of benzene rings is 3. The zero-order chi connectivity index (χ0) is 14.1. The van der Waals surface area contributed by atoms with E-state index in [0.717, 1.165) is 22.1 Å². The third kappa shape index (κ3) is 2.07. The predicted octanol–water partition coefficient (Wildman–Crippen LogP) is 4.24. The number of methoxy groups -OCH3 is 1. The first-order valence-electron chi connectivity index (χ1n) is 6.31. The van der Waals surface area contributed by atoms with Crippen molar-refractivity contribution >= 4 is 16.5 Å². The van der Waals surface area contributed by atoms with Crippen molar-refractivity contribution in [1.82, 2.24) is 0 Å². The molecule has 100 valence electrons.